The summed E-state index contributed by atoms with van der Waals surface area (Å²) >= 11 is 0. The van der Waals surface area contributed by atoms with E-state index in [9.17, 15) is 4.79 Å². The van der Waals surface area contributed by atoms with Crippen LogP contribution >= 0.6 is 0 Å². The third-order valence-corrected chi connectivity index (χ3v) is 3.93. The minimum Gasteiger partial charge on any atom is -0.399 e. The van der Waals surface area contributed by atoms with Gasteiger partial charge in [0.2, 0.25) is 0 Å². The van der Waals surface area contributed by atoms with Crippen molar-refractivity contribution >= 4 is 17.7 Å². The van der Waals surface area contributed by atoms with Crippen molar-refractivity contribution in [3.8, 4) is 11.1 Å². The van der Waals surface area contributed by atoms with Gasteiger partial charge in [0, 0.05) is 16.9 Å². The van der Waals surface area contributed by atoms with Gasteiger partial charge in [-0.2, -0.15) is 0 Å². The fourth-order valence-electron chi connectivity index (χ4n) is 2.38. The summed E-state index contributed by atoms with van der Waals surface area (Å²) in [6, 6.07) is 23.1. The molecule has 0 aliphatic heterocycles. The molecule has 0 atom stereocenters. The van der Waals surface area contributed by atoms with Gasteiger partial charge in [0.1, 0.15) is 6.29 Å². The number of nitrogens with one attached hydrogen (secondary N) is 1. The van der Waals surface area contributed by atoms with Crippen LogP contribution < -0.4 is 16.8 Å². The van der Waals surface area contributed by atoms with Gasteiger partial charge in [0.05, 0.1) is 0 Å². The van der Waals surface area contributed by atoms with Crippen LogP contribution in [0.4, 0.5) is 11.4 Å². The molecule has 3 aromatic carbocycles. The van der Waals surface area contributed by atoms with Crippen molar-refractivity contribution in [2.75, 3.05) is 25.1 Å². The monoisotopic (exact) mass is 347 g/mol. The first-order valence-electron chi connectivity index (χ1n) is 8.52. The largest absolute Gasteiger partial charge is 0.399 e. The molecule has 3 aromatic rings. The van der Waals surface area contributed by atoms with E-state index < -0.39 is 0 Å². The second kappa shape index (κ2) is 10.0. The summed E-state index contributed by atoms with van der Waals surface area (Å²) in [5.74, 6) is 0. The Morgan fingerprint density at radius 2 is 1.23 bits per heavy atom. The Labute approximate surface area is 154 Å². The van der Waals surface area contributed by atoms with Crippen LogP contribution in [0, 0.1) is 0 Å². The molecule has 3 rings (SSSR count). The molecular weight excluding hydrogens is 322 g/mol. The normalized spacial score (nSPS) is 9.88. The van der Waals surface area contributed by atoms with E-state index >= 15 is 0 Å². The maximum atomic E-state index is 10.5. The van der Waals surface area contributed by atoms with Crippen molar-refractivity contribution in [3.05, 3.63) is 83.9 Å². The number of likely N-dealkylation sites (N-methyl/N-ethyl adjacent to an activating group) is 1. The number of hydrogen-bond acceptors (Lipinski definition) is 4. The fourth-order valence-corrected chi connectivity index (χ4v) is 2.38. The average Bonchev–Trinajstić information content (AvgIpc) is 2.69. The second-order valence-electron chi connectivity index (χ2n) is 5.96. The highest BCUT2D eigenvalue weighted by atomic mass is 16.1. The smallest absolute Gasteiger partial charge is 0.150 e. The molecule has 0 aliphatic rings. The van der Waals surface area contributed by atoms with Crippen LogP contribution in [0.1, 0.15) is 15.9 Å². The molecule has 0 fully saturated rings. The number of benzene rings is 3. The fraction of sp³-hybridized carbons (Fsp3) is 0.136. The molecule has 0 saturated heterocycles. The summed E-state index contributed by atoms with van der Waals surface area (Å²) < 4.78 is 0. The summed E-state index contributed by atoms with van der Waals surface area (Å²) in [5, 5.41) is 3.10. The lowest BCUT2D eigenvalue weighted by Crippen LogP contribution is -2.10. The highest BCUT2D eigenvalue weighted by Crippen LogP contribution is 2.20. The van der Waals surface area contributed by atoms with Crippen LogP contribution in [-0.2, 0) is 6.42 Å². The van der Waals surface area contributed by atoms with Gasteiger partial charge in [-0.25, -0.2) is 0 Å². The number of rotatable bonds is 5. The SMILES string of the molecule is CNCCc1ccc(N)cc1.Nc1ccc(-c2ccc(C=O)cc2)cc1. The molecule has 4 heteroatoms. The lowest BCUT2D eigenvalue weighted by atomic mass is 10.0. The predicted octanol–water partition coefficient (Wildman–Crippen LogP) is 3.78. The molecule has 0 aromatic heterocycles. The Hall–Kier alpha value is -3.11. The predicted molar refractivity (Wildman–Crippen MR) is 110 cm³/mol. The quantitative estimate of drug-likeness (QED) is 0.485. The zero-order chi connectivity index (χ0) is 18.8. The first-order chi connectivity index (χ1) is 12.6. The van der Waals surface area contributed by atoms with Crippen LogP contribution in [0.5, 0.6) is 0 Å². The highest BCUT2D eigenvalue weighted by molar-refractivity contribution is 5.77. The molecule has 5 N–H and O–H groups in total. The molecular formula is C22H25N3O. The first kappa shape index (κ1) is 19.2. The number of anilines is 2. The molecule has 26 heavy (non-hydrogen) atoms. The molecule has 4 nitrogen and oxygen atoms in total. The van der Waals surface area contributed by atoms with Gasteiger partial charge >= 0.3 is 0 Å². The number of nitrogens with two attached hydrogens (primary N) is 2. The summed E-state index contributed by atoms with van der Waals surface area (Å²) in [6.45, 7) is 1.02. The van der Waals surface area contributed by atoms with E-state index in [1.807, 2.05) is 55.6 Å². The lowest BCUT2D eigenvalue weighted by molar-refractivity contribution is 0.112. The van der Waals surface area contributed by atoms with Gasteiger partial charge in [-0.05, 0) is 61.0 Å². The van der Waals surface area contributed by atoms with Gasteiger partial charge < -0.3 is 16.8 Å². The van der Waals surface area contributed by atoms with Crippen LogP contribution in [0.15, 0.2) is 72.8 Å². The van der Waals surface area contributed by atoms with E-state index in [4.69, 9.17) is 11.5 Å². The third kappa shape index (κ3) is 6.07. The van der Waals surface area contributed by atoms with E-state index in [2.05, 4.69) is 17.4 Å². The maximum absolute atomic E-state index is 10.5. The Bertz CT molecular complexity index is 794. The van der Waals surface area contributed by atoms with E-state index in [1.165, 1.54) is 5.56 Å². The van der Waals surface area contributed by atoms with Crippen molar-refractivity contribution in [2.24, 2.45) is 0 Å². The highest BCUT2D eigenvalue weighted by Gasteiger charge is 1.97. The Morgan fingerprint density at radius 3 is 1.69 bits per heavy atom. The zero-order valence-corrected chi connectivity index (χ0v) is 15.0. The summed E-state index contributed by atoms with van der Waals surface area (Å²) in [7, 11) is 1.96. The maximum Gasteiger partial charge on any atom is 0.150 e. The van der Waals surface area contributed by atoms with Crippen molar-refractivity contribution in [2.45, 2.75) is 6.42 Å². The van der Waals surface area contributed by atoms with E-state index in [0.29, 0.717) is 5.56 Å². The Balaban J connectivity index is 0.000000197. The number of nitrogen functional groups attached to an aromatic ring is 2. The minimum atomic E-state index is 0.689. The van der Waals surface area contributed by atoms with Crippen LogP contribution in [-0.4, -0.2) is 19.9 Å². The molecule has 0 heterocycles. The zero-order valence-electron chi connectivity index (χ0n) is 15.0. The number of carbonyl (C=O) groups is 1. The number of hydrogen-bond donors (Lipinski definition) is 3. The van der Waals surface area contributed by atoms with Gasteiger partial charge in [-0.3, -0.25) is 4.79 Å². The summed E-state index contributed by atoms with van der Waals surface area (Å²) in [6.07, 6.45) is 1.91. The van der Waals surface area contributed by atoms with E-state index in [0.717, 1.165) is 41.8 Å². The van der Waals surface area contributed by atoms with Crippen LogP contribution in [0.2, 0.25) is 0 Å². The van der Waals surface area contributed by atoms with Gasteiger partial charge in [-0.15, -0.1) is 0 Å². The van der Waals surface area contributed by atoms with Gasteiger partial charge in [0.15, 0.2) is 0 Å². The van der Waals surface area contributed by atoms with E-state index in [-0.39, 0.29) is 0 Å². The molecule has 0 bridgehead atoms. The Kier molecular flexibility index (Phi) is 7.40. The van der Waals surface area contributed by atoms with Crippen LogP contribution in [0.25, 0.3) is 11.1 Å². The van der Waals surface area contributed by atoms with Gasteiger partial charge in [0.25, 0.3) is 0 Å². The van der Waals surface area contributed by atoms with Crippen LogP contribution in [0.3, 0.4) is 0 Å². The summed E-state index contributed by atoms with van der Waals surface area (Å²) in [4.78, 5) is 10.5. The second-order valence-corrected chi connectivity index (χ2v) is 5.96. The molecule has 0 aliphatic carbocycles. The minimum absolute atomic E-state index is 0.689. The van der Waals surface area contributed by atoms with Crippen molar-refractivity contribution in [3.63, 3.8) is 0 Å². The molecule has 0 saturated carbocycles. The molecule has 0 amide bonds. The first-order valence-corrected chi connectivity index (χ1v) is 8.52. The lowest BCUT2D eigenvalue weighted by Gasteiger charge is -2.02. The van der Waals surface area contributed by atoms with Crippen molar-refractivity contribution in [1.82, 2.24) is 5.32 Å². The molecule has 0 spiro atoms. The van der Waals surface area contributed by atoms with Crippen molar-refractivity contribution < 1.29 is 4.79 Å². The van der Waals surface area contributed by atoms with E-state index in [1.54, 1.807) is 12.1 Å². The standard InChI is InChI=1S/C13H11NO.C9H14N2/c14-13-7-5-12(6-8-13)11-3-1-10(9-15)2-4-11;1-11-7-6-8-2-4-9(10)5-3-8/h1-9H,14H2;2-5,11H,6-7,10H2,1H3. The Morgan fingerprint density at radius 1 is 0.769 bits per heavy atom. The number of aldehydes is 1. The molecule has 0 unspecified atom stereocenters. The average molecular weight is 347 g/mol. The van der Waals surface area contributed by atoms with Crippen molar-refractivity contribution in [1.29, 1.82) is 0 Å². The molecule has 134 valence electrons. The summed E-state index contributed by atoms with van der Waals surface area (Å²) in [5.41, 5.74) is 16.9. The third-order valence-electron chi connectivity index (χ3n) is 3.93. The topological polar surface area (TPSA) is 81.1 Å². The molecule has 0 radical (unpaired) electrons. The van der Waals surface area contributed by atoms with Gasteiger partial charge in [-0.1, -0.05) is 48.5 Å². The number of carbonyl (C=O) groups excluding carboxylic acids is 1.